The molecule has 0 saturated carbocycles. The normalized spacial score (nSPS) is 22.2. The summed E-state index contributed by atoms with van der Waals surface area (Å²) in [7, 11) is 0. The Morgan fingerprint density at radius 3 is 2.79 bits per heavy atom. The van der Waals surface area contributed by atoms with Crippen molar-refractivity contribution in [3.8, 4) is 0 Å². The number of carbonyl (C=O) groups is 2. The zero-order valence-electron chi connectivity index (χ0n) is 10.4. The van der Waals surface area contributed by atoms with E-state index in [4.69, 9.17) is 5.11 Å². The molecule has 1 saturated heterocycles. The van der Waals surface area contributed by atoms with Gasteiger partial charge in [-0.15, -0.1) is 11.8 Å². The van der Waals surface area contributed by atoms with E-state index in [0.717, 1.165) is 30.7 Å². The van der Waals surface area contributed by atoms with E-state index in [0.29, 0.717) is 0 Å². The Labute approximate surface area is 114 Å². The largest absolute Gasteiger partial charge is 0.478 e. The summed E-state index contributed by atoms with van der Waals surface area (Å²) in [5.41, 5.74) is -0.139. The third-order valence-corrected chi connectivity index (χ3v) is 4.68. The van der Waals surface area contributed by atoms with E-state index in [-0.39, 0.29) is 17.2 Å². The van der Waals surface area contributed by atoms with Crippen molar-refractivity contribution < 1.29 is 19.1 Å². The number of halogens is 1. The molecular formula is C13H14FNO3S. The first kappa shape index (κ1) is 13.9. The van der Waals surface area contributed by atoms with Crippen LogP contribution in [0.4, 0.5) is 10.1 Å². The molecule has 0 radical (unpaired) electrons. The van der Waals surface area contributed by atoms with Gasteiger partial charge in [-0.3, -0.25) is 4.79 Å². The number of hydrogen-bond donors (Lipinski definition) is 2. The van der Waals surface area contributed by atoms with E-state index >= 15 is 0 Å². The van der Waals surface area contributed by atoms with Crippen LogP contribution in [0.5, 0.6) is 0 Å². The van der Waals surface area contributed by atoms with Crippen LogP contribution < -0.4 is 5.32 Å². The number of hydrogen-bond acceptors (Lipinski definition) is 3. The molecule has 1 aromatic rings. The van der Waals surface area contributed by atoms with E-state index in [1.54, 1.807) is 0 Å². The second-order valence-electron chi connectivity index (χ2n) is 4.64. The van der Waals surface area contributed by atoms with Gasteiger partial charge in [0.15, 0.2) is 0 Å². The number of thioether (sulfide) groups is 1. The van der Waals surface area contributed by atoms with Crippen molar-refractivity contribution in [1.29, 1.82) is 0 Å². The molecule has 1 unspecified atom stereocenters. The molecule has 1 aliphatic heterocycles. The quantitative estimate of drug-likeness (QED) is 0.895. The maximum Gasteiger partial charge on any atom is 0.335 e. The lowest BCUT2D eigenvalue weighted by atomic mass is 10.0. The maximum atomic E-state index is 13.6. The molecule has 6 heteroatoms. The molecule has 4 nitrogen and oxygen atoms in total. The minimum Gasteiger partial charge on any atom is -0.478 e. The number of anilines is 1. The van der Waals surface area contributed by atoms with Crippen molar-refractivity contribution in [2.75, 3.05) is 11.1 Å². The van der Waals surface area contributed by atoms with Crippen molar-refractivity contribution in [3.05, 3.63) is 29.6 Å². The van der Waals surface area contributed by atoms with Crippen LogP contribution in [0.2, 0.25) is 0 Å². The molecule has 1 heterocycles. The van der Waals surface area contributed by atoms with Gasteiger partial charge in [-0.05, 0) is 43.7 Å². The van der Waals surface area contributed by atoms with Crippen LogP contribution in [0.25, 0.3) is 0 Å². The summed E-state index contributed by atoms with van der Waals surface area (Å²) in [6, 6.07) is 3.35. The van der Waals surface area contributed by atoms with Crippen LogP contribution >= 0.6 is 11.8 Å². The standard InChI is InChI=1S/C13H14FNO3S/c1-13(5-2-6-19-13)12(18)15-10-7-8(11(16)17)3-4-9(10)14/h3-4,7H,2,5-6H2,1H3,(H,15,18)(H,16,17). The first-order chi connectivity index (χ1) is 8.92. The number of amides is 1. The predicted octanol–water partition coefficient (Wildman–Crippen LogP) is 2.75. The first-order valence-electron chi connectivity index (χ1n) is 5.91. The van der Waals surface area contributed by atoms with Crippen LogP contribution in [0.3, 0.4) is 0 Å². The van der Waals surface area contributed by atoms with Crippen molar-refractivity contribution >= 4 is 29.3 Å². The summed E-state index contributed by atoms with van der Waals surface area (Å²) in [6.07, 6.45) is 1.69. The third kappa shape index (κ3) is 2.89. The molecule has 2 N–H and O–H groups in total. The molecule has 0 aliphatic carbocycles. The lowest BCUT2D eigenvalue weighted by Crippen LogP contribution is -2.35. The van der Waals surface area contributed by atoms with Gasteiger partial charge in [0.05, 0.1) is 16.0 Å². The first-order valence-corrected chi connectivity index (χ1v) is 6.89. The number of benzene rings is 1. The summed E-state index contributed by atoms with van der Waals surface area (Å²) in [5, 5.41) is 11.3. The van der Waals surface area contributed by atoms with Gasteiger partial charge in [-0.1, -0.05) is 0 Å². The Kier molecular flexibility index (Phi) is 3.80. The van der Waals surface area contributed by atoms with Gasteiger partial charge in [-0.2, -0.15) is 0 Å². The number of aromatic carboxylic acids is 1. The molecular weight excluding hydrogens is 269 g/mol. The predicted molar refractivity (Wildman–Crippen MR) is 72.1 cm³/mol. The van der Waals surface area contributed by atoms with Crippen LogP contribution in [0, 0.1) is 5.82 Å². The SMILES string of the molecule is CC1(C(=O)Nc2cc(C(=O)O)ccc2F)CCCS1. The fourth-order valence-electron chi connectivity index (χ4n) is 1.97. The van der Waals surface area contributed by atoms with Crippen LogP contribution in [0.1, 0.15) is 30.1 Å². The fraction of sp³-hybridized carbons (Fsp3) is 0.385. The highest BCUT2D eigenvalue weighted by atomic mass is 32.2. The Morgan fingerprint density at radius 2 is 2.21 bits per heavy atom. The summed E-state index contributed by atoms with van der Waals surface area (Å²) in [5.74, 6) is -1.17. The molecule has 1 atom stereocenters. The Bertz CT molecular complexity index is 527. The van der Waals surface area contributed by atoms with Gasteiger partial charge >= 0.3 is 5.97 Å². The van der Waals surface area contributed by atoms with E-state index in [1.807, 2.05) is 6.92 Å². The molecule has 0 bridgehead atoms. The van der Waals surface area contributed by atoms with E-state index in [1.165, 1.54) is 17.8 Å². The zero-order chi connectivity index (χ0) is 14.0. The number of rotatable bonds is 3. The zero-order valence-corrected chi connectivity index (χ0v) is 11.2. The molecule has 19 heavy (non-hydrogen) atoms. The van der Waals surface area contributed by atoms with Gasteiger partial charge in [0, 0.05) is 0 Å². The van der Waals surface area contributed by atoms with Gasteiger partial charge in [0.2, 0.25) is 5.91 Å². The average molecular weight is 283 g/mol. The summed E-state index contributed by atoms with van der Waals surface area (Å²) in [4.78, 5) is 23.0. The number of carbonyl (C=O) groups excluding carboxylic acids is 1. The maximum absolute atomic E-state index is 13.6. The highest BCUT2D eigenvalue weighted by Crippen LogP contribution is 2.38. The molecule has 1 amide bonds. The van der Waals surface area contributed by atoms with E-state index in [9.17, 15) is 14.0 Å². The lowest BCUT2D eigenvalue weighted by molar-refractivity contribution is -0.118. The molecule has 102 valence electrons. The molecule has 0 spiro atoms. The number of nitrogens with one attached hydrogen (secondary N) is 1. The van der Waals surface area contributed by atoms with E-state index in [2.05, 4.69) is 5.32 Å². The van der Waals surface area contributed by atoms with Crippen molar-refractivity contribution in [1.82, 2.24) is 0 Å². The third-order valence-electron chi connectivity index (χ3n) is 3.16. The summed E-state index contributed by atoms with van der Waals surface area (Å²) in [6.45, 7) is 1.82. The summed E-state index contributed by atoms with van der Waals surface area (Å²) >= 11 is 1.54. The second-order valence-corrected chi connectivity index (χ2v) is 6.23. The minimum atomic E-state index is -1.16. The van der Waals surface area contributed by atoms with E-state index < -0.39 is 16.5 Å². The van der Waals surface area contributed by atoms with Gasteiger partial charge in [-0.25, -0.2) is 9.18 Å². The van der Waals surface area contributed by atoms with Crippen LogP contribution in [0.15, 0.2) is 18.2 Å². The van der Waals surface area contributed by atoms with Crippen LogP contribution in [-0.4, -0.2) is 27.5 Å². The topological polar surface area (TPSA) is 66.4 Å². The van der Waals surface area contributed by atoms with Gasteiger partial charge in [0.25, 0.3) is 0 Å². The molecule has 0 aromatic heterocycles. The molecule has 1 fully saturated rings. The summed E-state index contributed by atoms with van der Waals surface area (Å²) < 4.78 is 13.0. The molecule has 2 rings (SSSR count). The van der Waals surface area contributed by atoms with Crippen molar-refractivity contribution in [2.24, 2.45) is 0 Å². The molecule has 1 aromatic carbocycles. The Balaban J connectivity index is 2.20. The van der Waals surface area contributed by atoms with Gasteiger partial charge in [0.1, 0.15) is 5.82 Å². The lowest BCUT2D eigenvalue weighted by Gasteiger charge is -2.21. The number of carboxylic acids is 1. The Hall–Kier alpha value is -1.56. The monoisotopic (exact) mass is 283 g/mol. The van der Waals surface area contributed by atoms with Gasteiger partial charge < -0.3 is 10.4 Å². The number of carboxylic acid groups (broad SMARTS) is 1. The average Bonchev–Trinajstić information content (AvgIpc) is 2.80. The van der Waals surface area contributed by atoms with Crippen molar-refractivity contribution in [3.63, 3.8) is 0 Å². The second kappa shape index (κ2) is 5.21. The highest BCUT2D eigenvalue weighted by Gasteiger charge is 2.37. The smallest absolute Gasteiger partial charge is 0.335 e. The fourth-order valence-corrected chi connectivity index (χ4v) is 3.18. The highest BCUT2D eigenvalue weighted by molar-refractivity contribution is 8.01. The minimum absolute atomic E-state index is 0.0547. The van der Waals surface area contributed by atoms with Crippen LogP contribution in [-0.2, 0) is 4.79 Å². The molecule has 1 aliphatic rings. The van der Waals surface area contributed by atoms with Crippen molar-refractivity contribution in [2.45, 2.75) is 24.5 Å². The Morgan fingerprint density at radius 1 is 1.47 bits per heavy atom.